The maximum absolute atomic E-state index is 13.9. The standard InChI is InChI=1S/C52H55N5O9/c58-45-20-18-43(44-19-21-47(60)55-49(44)45)46(59)29-53-25-22-35-14-16-38(17-15-35)50(62)54-41-31-57(32-41)48(61)34-65-42-13-7-12-40(28-42)52(64,39-10-5-2-6-11-39)51(63)66-33-37-23-26-56(27-24-37)30-36-8-3-1-4-9-36/h1-21,28,37,41,46,53,58-59,64H,22-27,29-34H2,(H,54,62)(H,55,60)/t46-,52-/m0/s1. The molecule has 0 saturated carbocycles. The van der Waals surface area contributed by atoms with Gasteiger partial charge >= 0.3 is 5.97 Å². The van der Waals surface area contributed by atoms with Gasteiger partial charge < -0.3 is 45.3 Å². The Balaban J connectivity index is 0.768. The predicted molar refractivity (Wildman–Crippen MR) is 249 cm³/mol. The summed E-state index contributed by atoms with van der Waals surface area (Å²) in [5, 5.41) is 39.9. The first kappa shape index (κ1) is 45.7. The van der Waals surface area contributed by atoms with E-state index < -0.39 is 17.7 Å². The fraction of sp³-hybridized carbons (Fsp3) is 0.308. The zero-order valence-electron chi connectivity index (χ0n) is 36.6. The number of nitrogens with zero attached hydrogens (tertiary/aromatic N) is 2. The molecule has 0 aliphatic carbocycles. The third-order valence-corrected chi connectivity index (χ3v) is 12.5. The topological polar surface area (TPSA) is 194 Å². The van der Waals surface area contributed by atoms with Crippen molar-refractivity contribution in [1.29, 1.82) is 0 Å². The summed E-state index contributed by atoms with van der Waals surface area (Å²) in [5.41, 5.74) is 1.79. The molecule has 6 N–H and O–H groups in total. The van der Waals surface area contributed by atoms with Crippen LogP contribution >= 0.6 is 0 Å². The van der Waals surface area contributed by atoms with Crippen LogP contribution in [0.25, 0.3) is 10.9 Å². The molecule has 14 heteroatoms. The van der Waals surface area contributed by atoms with Crippen LogP contribution in [-0.2, 0) is 32.9 Å². The summed E-state index contributed by atoms with van der Waals surface area (Å²) in [5.74, 6) is -0.874. The normalized spacial score (nSPS) is 15.9. The lowest BCUT2D eigenvalue weighted by atomic mass is 9.86. The molecule has 66 heavy (non-hydrogen) atoms. The number of piperidine rings is 1. The molecule has 6 aromatic rings. The number of likely N-dealkylation sites (tertiary alicyclic amines) is 2. The number of aromatic nitrogens is 1. The van der Waals surface area contributed by atoms with Gasteiger partial charge in [0.05, 0.1) is 24.3 Å². The van der Waals surface area contributed by atoms with Crippen molar-refractivity contribution >= 4 is 28.7 Å². The molecule has 2 saturated heterocycles. The lowest BCUT2D eigenvalue weighted by Crippen LogP contribution is -2.61. The summed E-state index contributed by atoms with van der Waals surface area (Å²) >= 11 is 0. The number of aliphatic hydroxyl groups excluding tert-OH is 1. The second-order valence-electron chi connectivity index (χ2n) is 17.1. The van der Waals surface area contributed by atoms with Gasteiger partial charge in [0.25, 0.3) is 11.8 Å². The molecule has 2 amide bonds. The van der Waals surface area contributed by atoms with Crippen molar-refractivity contribution in [3.8, 4) is 11.5 Å². The zero-order valence-corrected chi connectivity index (χ0v) is 36.6. The van der Waals surface area contributed by atoms with Gasteiger partial charge in [-0.05, 0) is 103 Å². The van der Waals surface area contributed by atoms with E-state index in [1.54, 1.807) is 83.8 Å². The summed E-state index contributed by atoms with van der Waals surface area (Å²) in [6.45, 7) is 4.08. The number of rotatable bonds is 18. The first-order chi connectivity index (χ1) is 32.0. The lowest BCUT2D eigenvalue weighted by Gasteiger charge is -2.39. The number of aliphatic hydroxyl groups is 2. The highest BCUT2D eigenvalue weighted by Crippen LogP contribution is 2.34. The maximum Gasteiger partial charge on any atom is 0.347 e. The van der Waals surface area contributed by atoms with E-state index >= 15 is 0 Å². The smallest absolute Gasteiger partial charge is 0.347 e. The van der Waals surface area contributed by atoms with E-state index in [9.17, 15) is 34.5 Å². The lowest BCUT2D eigenvalue weighted by molar-refractivity contribution is -0.164. The van der Waals surface area contributed by atoms with Gasteiger partial charge in [0.15, 0.2) is 6.61 Å². The van der Waals surface area contributed by atoms with Gasteiger partial charge in [-0.1, -0.05) is 91.0 Å². The van der Waals surface area contributed by atoms with Crippen LogP contribution in [0.3, 0.4) is 0 Å². The Morgan fingerprint density at radius 3 is 2.27 bits per heavy atom. The number of aromatic hydroxyl groups is 1. The van der Waals surface area contributed by atoms with Gasteiger partial charge in [0, 0.05) is 48.8 Å². The maximum atomic E-state index is 13.9. The number of pyridine rings is 1. The first-order valence-electron chi connectivity index (χ1n) is 22.4. The van der Waals surface area contributed by atoms with E-state index in [2.05, 4.69) is 32.7 Å². The Hall–Kier alpha value is -6.84. The Labute approximate surface area is 382 Å². The second-order valence-corrected chi connectivity index (χ2v) is 17.1. The van der Waals surface area contributed by atoms with Gasteiger partial charge in [-0.2, -0.15) is 0 Å². The number of carbonyl (C=O) groups excluding carboxylic acids is 3. The van der Waals surface area contributed by atoms with Crippen molar-refractivity contribution in [3.63, 3.8) is 0 Å². The Morgan fingerprint density at radius 2 is 1.53 bits per heavy atom. The number of esters is 1. The number of amides is 2. The van der Waals surface area contributed by atoms with Crippen LogP contribution in [0.5, 0.6) is 11.5 Å². The first-order valence-corrected chi connectivity index (χ1v) is 22.4. The molecule has 0 unspecified atom stereocenters. The largest absolute Gasteiger partial charge is 0.506 e. The van der Waals surface area contributed by atoms with Gasteiger partial charge in [-0.25, -0.2) is 4.79 Å². The molecule has 8 rings (SSSR count). The molecule has 2 aliphatic rings. The Bertz CT molecular complexity index is 2670. The van der Waals surface area contributed by atoms with Gasteiger partial charge in [0.2, 0.25) is 11.2 Å². The van der Waals surface area contributed by atoms with Gasteiger partial charge in [-0.15, -0.1) is 0 Å². The SMILES string of the molecule is O=C(NC1CN(C(=O)COc2cccc([C@](O)(C(=O)OCC3CCN(Cc4ccccc4)CC3)c3ccccc3)c2)C1)c1ccc(CCNC[C@H](O)c2ccc(O)c3[nH]c(=O)ccc23)cc1. The number of ether oxygens (including phenoxy) is 2. The number of nitrogens with one attached hydrogen (secondary N) is 3. The average Bonchev–Trinajstić information content (AvgIpc) is 3.33. The van der Waals surface area contributed by atoms with Crippen LogP contribution in [0.15, 0.2) is 138 Å². The molecule has 0 spiro atoms. The fourth-order valence-electron chi connectivity index (χ4n) is 8.58. The van der Waals surface area contributed by atoms with Crippen molar-refractivity contribution < 1.29 is 39.2 Å². The van der Waals surface area contributed by atoms with Crippen LogP contribution < -0.4 is 20.9 Å². The molecule has 1 aromatic heterocycles. The molecule has 5 aromatic carbocycles. The van der Waals surface area contributed by atoms with Gasteiger partial charge in [0.1, 0.15) is 11.5 Å². The number of H-pyrrole nitrogens is 1. The predicted octanol–water partition coefficient (Wildman–Crippen LogP) is 4.81. The molecule has 0 bridgehead atoms. The molecule has 342 valence electrons. The summed E-state index contributed by atoms with van der Waals surface area (Å²) in [6.07, 6.45) is 1.55. The fourth-order valence-corrected chi connectivity index (χ4v) is 8.58. The second kappa shape index (κ2) is 21.0. The van der Waals surface area contributed by atoms with Crippen LogP contribution in [0.2, 0.25) is 0 Å². The number of benzene rings is 5. The molecular weight excluding hydrogens is 839 g/mol. The Morgan fingerprint density at radius 1 is 0.818 bits per heavy atom. The van der Waals surface area contributed by atoms with Crippen molar-refractivity contribution in [2.75, 3.05) is 52.5 Å². The van der Waals surface area contributed by atoms with Crippen molar-refractivity contribution in [3.05, 3.63) is 177 Å². The number of aromatic amines is 1. The molecule has 0 radical (unpaired) electrons. The van der Waals surface area contributed by atoms with E-state index in [4.69, 9.17) is 9.47 Å². The molecule has 3 heterocycles. The van der Waals surface area contributed by atoms with Crippen LogP contribution in [0.1, 0.15) is 57.1 Å². The highest BCUT2D eigenvalue weighted by molar-refractivity contribution is 5.94. The molecular formula is C52H55N5O9. The average molecular weight is 894 g/mol. The number of hydrogen-bond acceptors (Lipinski definition) is 11. The highest BCUT2D eigenvalue weighted by Gasteiger charge is 2.42. The quantitative estimate of drug-likeness (QED) is 0.0513. The van der Waals surface area contributed by atoms with Crippen molar-refractivity contribution in [2.45, 2.75) is 43.6 Å². The third-order valence-electron chi connectivity index (χ3n) is 12.5. The summed E-state index contributed by atoms with van der Waals surface area (Å²) < 4.78 is 11.7. The van der Waals surface area contributed by atoms with E-state index in [1.807, 2.05) is 30.3 Å². The summed E-state index contributed by atoms with van der Waals surface area (Å²) in [4.78, 5) is 58.3. The van der Waals surface area contributed by atoms with Gasteiger partial charge in [-0.3, -0.25) is 19.3 Å². The molecule has 2 atom stereocenters. The highest BCUT2D eigenvalue weighted by atomic mass is 16.5. The Kier molecular flexibility index (Phi) is 14.5. The minimum Gasteiger partial charge on any atom is -0.506 e. The summed E-state index contributed by atoms with van der Waals surface area (Å²) in [7, 11) is 0. The van der Waals surface area contributed by atoms with E-state index in [-0.39, 0.29) is 65.9 Å². The van der Waals surface area contributed by atoms with Crippen LogP contribution in [0.4, 0.5) is 0 Å². The zero-order chi connectivity index (χ0) is 46.0. The van der Waals surface area contributed by atoms with E-state index in [0.29, 0.717) is 53.9 Å². The minimum absolute atomic E-state index is 0.0653. The number of hydrogen-bond donors (Lipinski definition) is 6. The van der Waals surface area contributed by atoms with Crippen LogP contribution in [-0.4, -0.2) is 106 Å². The number of phenolic OH excluding ortho intramolecular Hbond substituents is 1. The van der Waals surface area contributed by atoms with Crippen LogP contribution in [0, 0.1) is 5.92 Å². The van der Waals surface area contributed by atoms with Crippen molar-refractivity contribution in [2.24, 2.45) is 5.92 Å². The third kappa shape index (κ3) is 11.0. The molecule has 2 aliphatic heterocycles. The monoisotopic (exact) mass is 893 g/mol. The number of carbonyl (C=O) groups is 3. The molecule has 2 fully saturated rings. The van der Waals surface area contributed by atoms with Crippen molar-refractivity contribution in [1.82, 2.24) is 25.4 Å². The summed E-state index contributed by atoms with van der Waals surface area (Å²) in [6, 6.07) is 38.6. The number of fused-ring (bicyclic) bond motifs is 1. The molecule has 14 nitrogen and oxygen atoms in total. The van der Waals surface area contributed by atoms with E-state index in [0.717, 1.165) is 38.0 Å². The number of phenols is 1. The minimum atomic E-state index is -2.11. The van der Waals surface area contributed by atoms with E-state index in [1.165, 1.54) is 17.7 Å².